The minimum atomic E-state index is -0.236. The molecule has 4 aromatic rings. The summed E-state index contributed by atoms with van der Waals surface area (Å²) in [6.07, 6.45) is 0. The zero-order chi connectivity index (χ0) is 21.8. The largest absolute Gasteiger partial charge is 0.497 e. The van der Waals surface area contributed by atoms with E-state index < -0.39 is 0 Å². The summed E-state index contributed by atoms with van der Waals surface area (Å²) in [5.41, 5.74) is 5.97. The van der Waals surface area contributed by atoms with Gasteiger partial charge in [-0.25, -0.2) is 9.97 Å². The maximum Gasteiger partial charge on any atom is 0.258 e. The second-order valence-electron chi connectivity index (χ2n) is 7.33. The highest BCUT2D eigenvalue weighted by Gasteiger charge is 2.14. The number of hydrogen-bond acceptors (Lipinski definition) is 4. The van der Waals surface area contributed by atoms with Crippen molar-refractivity contribution in [3.05, 3.63) is 95.6 Å². The lowest BCUT2D eigenvalue weighted by Gasteiger charge is -2.11. The molecule has 1 amide bonds. The van der Waals surface area contributed by atoms with E-state index in [1.54, 1.807) is 13.2 Å². The molecule has 0 fully saturated rings. The molecule has 0 unspecified atom stereocenters. The number of anilines is 1. The molecule has 31 heavy (non-hydrogen) atoms. The van der Waals surface area contributed by atoms with Crippen molar-refractivity contribution in [3.8, 4) is 28.3 Å². The van der Waals surface area contributed by atoms with Gasteiger partial charge in [0.25, 0.3) is 5.91 Å². The first-order valence-electron chi connectivity index (χ1n) is 10.0. The van der Waals surface area contributed by atoms with Crippen molar-refractivity contribution in [2.24, 2.45) is 0 Å². The molecule has 0 saturated heterocycles. The first kappa shape index (κ1) is 20.3. The maximum atomic E-state index is 12.9. The molecule has 0 aliphatic carbocycles. The van der Waals surface area contributed by atoms with Crippen LogP contribution in [0.15, 0.2) is 78.9 Å². The van der Waals surface area contributed by atoms with E-state index in [-0.39, 0.29) is 11.9 Å². The molecule has 0 radical (unpaired) electrons. The average molecular weight is 409 g/mol. The molecule has 4 rings (SSSR count). The molecule has 0 aliphatic heterocycles. The Hall–Kier alpha value is -3.99. The molecule has 0 aliphatic rings. The lowest BCUT2D eigenvalue weighted by molar-refractivity contribution is 0.102. The first-order valence-corrected chi connectivity index (χ1v) is 10.0. The molecular formula is C26H23N3O2. The van der Waals surface area contributed by atoms with Crippen LogP contribution in [0.25, 0.3) is 22.5 Å². The van der Waals surface area contributed by atoms with Crippen LogP contribution < -0.4 is 10.1 Å². The quantitative estimate of drug-likeness (QED) is 0.460. The molecule has 0 saturated carbocycles. The third-order valence-electron chi connectivity index (χ3n) is 5.07. The van der Waals surface area contributed by atoms with Crippen LogP contribution in [0.1, 0.15) is 21.5 Å². The molecule has 1 aromatic heterocycles. The number of benzene rings is 3. The summed E-state index contributed by atoms with van der Waals surface area (Å²) in [5.74, 6) is 0.793. The number of methoxy groups -OCH3 is 1. The van der Waals surface area contributed by atoms with Gasteiger partial charge in [0.05, 0.1) is 18.5 Å². The van der Waals surface area contributed by atoms with E-state index in [0.717, 1.165) is 28.1 Å². The Kier molecular flexibility index (Phi) is 5.76. The van der Waals surface area contributed by atoms with Gasteiger partial charge in [0, 0.05) is 16.7 Å². The van der Waals surface area contributed by atoms with E-state index in [1.165, 1.54) is 5.56 Å². The van der Waals surface area contributed by atoms with Crippen LogP contribution in [0.2, 0.25) is 0 Å². The smallest absolute Gasteiger partial charge is 0.258 e. The summed E-state index contributed by atoms with van der Waals surface area (Å²) in [5, 5.41) is 2.87. The molecule has 1 heterocycles. The molecule has 0 bridgehead atoms. The van der Waals surface area contributed by atoms with E-state index >= 15 is 0 Å². The Labute approximate surface area is 181 Å². The van der Waals surface area contributed by atoms with Crippen molar-refractivity contribution in [1.82, 2.24) is 9.97 Å². The van der Waals surface area contributed by atoms with Gasteiger partial charge in [-0.15, -0.1) is 0 Å². The van der Waals surface area contributed by atoms with Crippen molar-refractivity contribution in [2.45, 2.75) is 13.8 Å². The van der Waals surface area contributed by atoms with Gasteiger partial charge in [-0.1, -0.05) is 48.0 Å². The van der Waals surface area contributed by atoms with Gasteiger partial charge in [-0.2, -0.15) is 0 Å². The predicted molar refractivity (Wildman–Crippen MR) is 123 cm³/mol. The molecule has 5 heteroatoms. The number of ether oxygens (including phenoxy) is 1. The Bertz CT molecular complexity index is 1220. The fourth-order valence-corrected chi connectivity index (χ4v) is 3.28. The van der Waals surface area contributed by atoms with Crippen LogP contribution in [0.4, 0.5) is 5.95 Å². The number of carbonyl (C=O) groups excluding carboxylic acids is 1. The molecule has 5 nitrogen and oxygen atoms in total. The first-order chi connectivity index (χ1) is 15.0. The zero-order valence-corrected chi connectivity index (χ0v) is 17.7. The Morgan fingerprint density at radius 1 is 0.806 bits per heavy atom. The summed E-state index contributed by atoms with van der Waals surface area (Å²) in [7, 11) is 1.63. The van der Waals surface area contributed by atoms with Gasteiger partial charge < -0.3 is 4.74 Å². The highest BCUT2D eigenvalue weighted by molar-refractivity contribution is 6.04. The number of rotatable bonds is 5. The number of aryl methyl sites for hydroxylation is 2. The van der Waals surface area contributed by atoms with Gasteiger partial charge in [-0.3, -0.25) is 10.1 Å². The minimum Gasteiger partial charge on any atom is -0.497 e. The second-order valence-corrected chi connectivity index (χ2v) is 7.33. The fraction of sp³-hybridized carbons (Fsp3) is 0.115. The summed E-state index contributed by atoms with van der Waals surface area (Å²) in [4.78, 5) is 22.1. The predicted octanol–water partition coefficient (Wildman–Crippen LogP) is 5.69. The van der Waals surface area contributed by atoms with Crippen molar-refractivity contribution >= 4 is 11.9 Å². The minimum absolute atomic E-state index is 0.236. The van der Waals surface area contributed by atoms with Gasteiger partial charge >= 0.3 is 0 Å². The van der Waals surface area contributed by atoms with Crippen LogP contribution >= 0.6 is 0 Å². The topological polar surface area (TPSA) is 64.1 Å². The number of hydrogen-bond donors (Lipinski definition) is 1. The Morgan fingerprint density at radius 2 is 1.39 bits per heavy atom. The third kappa shape index (κ3) is 4.61. The Morgan fingerprint density at radius 3 is 1.97 bits per heavy atom. The highest BCUT2D eigenvalue weighted by atomic mass is 16.5. The lowest BCUT2D eigenvalue weighted by Crippen LogP contribution is -2.16. The summed E-state index contributed by atoms with van der Waals surface area (Å²) in [6, 6.07) is 25.1. The molecule has 3 aromatic carbocycles. The normalized spacial score (nSPS) is 10.5. The van der Waals surface area contributed by atoms with Crippen molar-refractivity contribution in [1.29, 1.82) is 0 Å². The number of aromatic nitrogens is 2. The summed E-state index contributed by atoms with van der Waals surface area (Å²) in [6.45, 7) is 3.95. The molecule has 1 N–H and O–H groups in total. The lowest BCUT2D eigenvalue weighted by atomic mass is 10.1. The van der Waals surface area contributed by atoms with Crippen molar-refractivity contribution in [3.63, 3.8) is 0 Å². The number of nitrogens with zero attached hydrogens (tertiary/aromatic N) is 2. The standard InChI is InChI=1S/C26H23N3O2/c1-17-8-10-19(11-9-17)23-16-24(20-12-14-21(31-3)15-13-20)28-26(27-23)29-25(30)22-7-5-4-6-18(22)2/h4-16H,1-3H3,(H,27,28,29,30). The van der Waals surface area contributed by atoms with Gasteiger partial charge in [0.15, 0.2) is 0 Å². The van der Waals surface area contributed by atoms with E-state index in [1.807, 2.05) is 86.6 Å². The van der Waals surface area contributed by atoms with Gasteiger partial charge in [-0.05, 0) is 55.8 Å². The highest BCUT2D eigenvalue weighted by Crippen LogP contribution is 2.27. The van der Waals surface area contributed by atoms with Gasteiger partial charge in [0.1, 0.15) is 5.75 Å². The third-order valence-corrected chi connectivity index (χ3v) is 5.07. The van der Waals surface area contributed by atoms with E-state index in [2.05, 4.69) is 15.3 Å². The monoisotopic (exact) mass is 409 g/mol. The van der Waals surface area contributed by atoms with Crippen molar-refractivity contribution < 1.29 is 9.53 Å². The number of carbonyl (C=O) groups is 1. The van der Waals surface area contributed by atoms with E-state index in [0.29, 0.717) is 11.3 Å². The fourth-order valence-electron chi connectivity index (χ4n) is 3.28. The van der Waals surface area contributed by atoms with Crippen LogP contribution in [-0.2, 0) is 0 Å². The number of nitrogens with one attached hydrogen (secondary N) is 1. The van der Waals surface area contributed by atoms with Gasteiger partial charge in [0.2, 0.25) is 5.95 Å². The van der Waals surface area contributed by atoms with Crippen LogP contribution in [0.5, 0.6) is 5.75 Å². The van der Waals surface area contributed by atoms with Crippen LogP contribution in [0.3, 0.4) is 0 Å². The Balaban J connectivity index is 1.76. The van der Waals surface area contributed by atoms with Crippen LogP contribution in [0, 0.1) is 13.8 Å². The summed E-state index contributed by atoms with van der Waals surface area (Å²) >= 11 is 0. The maximum absolute atomic E-state index is 12.9. The molecule has 154 valence electrons. The average Bonchev–Trinajstić information content (AvgIpc) is 2.79. The van der Waals surface area contributed by atoms with Crippen LogP contribution in [-0.4, -0.2) is 23.0 Å². The molecule has 0 spiro atoms. The SMILES string of the molecule is COc1ccc(-c2cc(-c3ccc(C)cc3)nc(NC(=O)c3ccccc3C)n2)cc1. The van der Waals surface area contributed by atoms with E-state index in [4.69, 9.17) is 4.74 Å². The second kappa shape index (κ2) is 8.79. The zero-order valence-electron chi connectivity index (χ0n) is 17.7. The molecule has 0 atom stereocenters. The van der Waals surface area contributed by atoms with E-state index in [9.17, 15) is 4.79 Å². The number of amides is 1. The van der Waals surface area contributed by atoms with Crippen molar-refractivity contribution in [2.75, 3.05) is 12.4 Å². The molecular weight excluding hydrogens is 386 g/mol. The summed E-state index contributed by atoms with van der Waals surface area (Å²) < 4.78 is 5.26.